The molecule has 1 saturated heterocycles. The van der Waals surface area contributed by atoms with Gasteiger partial charge in [0.15, 0.2) is 17.3 Å². The molecule has 0 radical (unpaired) electrons. The van der Waals surface area contributed by atoms with Crippen molar-refractivity contribution in [3.8, 4) is 11.5 Å². The van der Waals surface area contributed by atoms with Crippen LogP contribution in [-0.2, 0) is 14.4 Å². The van der Waals surface area contributed by atoms with E-state index in [2.05, 4.69) is 19.2 Å². The number of amides is 2. The number of nitrogens with one attached hydrogen (secondary N) is 1. The lowest BCUT2D eigenvalue weighted by Crippen LogP contribution is -2.56. The number of ketones is 1. The van der Waals surface area contributed by atoms with E-state index < -0.39 is 12.1 Å². The van der Waals surface area contributed by atoms with E-state index in [-0.39, 0.29) is 36.2 Å². The lowest BCUT2D eigenvalue weighted by Gasteiger charge is -2.39. The van der Waals surface area contributed by atoms with Gasteiger partial charge < -0.3 is 33.9 Å². The third-order valence-electron chi connectivity index (χ3n) is 9.07. The van der Waals surface area contributed by atoms with Crippen molar-refractivity contribution in [1.29, 1.82) is 0 Å². The molecule has 1 aliphatic carbocycles. The summed E-state index contributed by atoms with van der Waals surface area (Å²) in [7, 11) is 0. The smallest absolute Gasteiger partial charge is 0.267 e. The highest BCUT2D eigenvalue weighted by atomic mass is 16.6. The number of allylic oxidation sites excluding steroid dienone is 1. The van der Waals surface area contributed by atoms with Crippen molar-refractivity contribution in [2.24, 2.45) is 5.41 Å². The minimum absolute atomic E-state index is 0.0425. The summed E-state index contributed by atoms with van der Waals surface area (Å²) in [5.41, 5.74) is 3.01. The topological polar surface area (TPSA) is 105 Å². The Kier molecular flexibility index (Phi) is 7.30. The number of nitrogens with zero attached hydrogens (tertiary/aromatic N) is 3. The van der Waals surface area contributed by atoms with E-state index in [4.69, 9.17) is 13.9 Å². The maximum atomic E-state index is 14.0. The number of para-hydroxylation sites is 4. The highest BCUT2D eigenvalue weighted by molar-refractivity contribution is 6.01. The van der Waals surface area contributed by atoms with E-state index in [0.29, 0.717) is 61.9 Å². The van der Waals surface area contributed by atoms with E-state index in [0.717, 1.165) is 22.8 Å². The summed E-state index contributed by atoms with van der Waals surface area (Å²) in [5, 5.41) is 3.58. The number of hydrogen-bond donors (Lipinski definition) is 1. The first-order chi connectivity index (χ1) is 21.7. The average molecular weight is 611 g/mol. The molecule has 0 saturated carbocycles. The minimum Gasteiger partial charge on any atom is -0.485 e. The Morgan fingerprint density at radius 2 is 1.62 bits per heavy atom. The van der Waals surface area contributed by atoms with Gasteiger partial charge in [-0.1, -0.05) is 38.1 Å². The number of piperazine rings is 1. The normalized spacial score (nSPS) is 22.3. The summed E-state index contributed by atoms with van der Waals surface area (Å²) in [6.45, 7) is 7.88. The number of fused-ring (bicyclic) bond motifs is 2. The largest absolute Gasteiger partial charge is 0.485 e. The summed E-state index contributed by atoms with van der Waals surface area (Å²) >= 11 is 0. The fourth-order valence-corrected chi connectivity index (χ4v) is 6.89. The van der Waals surface area contributed by atoms with Crippen molar-refractivity contribution in [3.63, 3.8) is 0 Å². The van der Waals surface area contributed by atoms with Gasteiger partial charge in [0, 0.05) is 43.9 Å². The Hall–Kier alpha value is -4.73. The first-order valence-electron chi connectivity index (χ1n) is 15.6. The predicted octanol–water partition coefficient (Wildman–Crippen LogP) is 4.72. The van der Waals surface area contributed by atoms with Crippen LogP contribution in [-0.4, -0.2) is 72.8 Å². The van der Waals surface area contributed by atoms with Crippen LogP contribution in [0.4, 0.5) is 11.4 Å². The maximum Gasteiger partial charge on any atom is 0.267 e. The number of furan rings is 1. The van der Waals surface area contributed by atoms with Gasteiger partial charge in [-0.3, -0.25) is 14.4 Å². The Morgan fingerprint density at radius 1 is 0.911 bits per heavy atom. The van der Waals surface area contributed by atoms with Crippen LogP contribution in [0.1, 0.15) is 44.3 Å². The van der Waals surface area contributed by atoms with Gasteiger partial charge in [-0.25, -0.2) is 0 Å². The molecule has 234 valence electrons. The molecule has 0 bridgehead atoms. The van der Waals surface area contributed by atoms with Crippen LogP contribution in [0.5, 0.6) is 11.5 Å². The monoisotopic (exact) mass is 610 g/mol. The molecular formula is C35H38N4O6. The second kappa shape index (κ2) is 11.3. The standard InChI is InChI=1S/C35H38N4O6/c1-22-12-13-29(44-22)33-32-24(18-35(2,3)19-26(32)40)36-23-8-4-5-9-25(23)39(33)20-31(41)37-14-16-38(17-15-37)34(42)30-21-43-27-10-6-7-11-28(27)45-30/h4-13,30,33,36H,14-21H2,1-3H3. The maximum absolute atomic E-state index is 14.0. The van der Waals surface area contributed by atoms with Crippen LogP contribution in [0.3, 0.4) is 0 Å². The second-order valence-corrected chi connectivity index (χ2v) is 13.0. The van der Waals surface area contributed by atoms with Crippen LogP contribution < -0.4 is 19.7 Å². The number of Topliss-reactive ketones (excluding diaryl/α,β-unsaturated/α-hetero) is 1. The van der Waals surface area contributed by atoms with Crippen LogP contribution in [0.15, 0.2) is 76.4 Å². The van der Waals surface area contributed by atoms with E-state index in [9.17, 15) is 14.4 Å². The molecule has 1 fully saturated rings. The molecule has 2 atom stereocenters. The van der Waals surface area contributed by atoms with Crippen molar-refractivity contribution in [1.82, 2.24) is 9.80 Å². The molecule has 1 N–H and O–H groups in total. The lowest BCUT2D eigenvalue weighted by molar-refractivity contribution is -0.145. The van der Waals surface area contributed by atoms with Gasteiger partial charge in [-0.05, 0) is 55.2 Å². The first-order valence-corrected chi connectivity index (χ1v) is 15.6. The van der Waals surface area contributed by atoms with E-state index >= 15 is 0 Å². The zero-order chi connectivity index (χ0) is 31.3. The van der Waals surface area contributed by atoms with Gasteiger partial charge in [-0.15, -0.1) is 0 Å². The highest BCUT2D eigenvalue weighted by Gasteiger charge is 2.43. The van der Waals surface area contributed by atoms with Gasteiger partial charge in [0.25, 0.3) is 5.91 Å². The lowest BCUT2D eigenvalue weighted by atomic mass is 9.74. The minimum atomic E-state index is -0.721. The van der Waals surface area contributed by atoms with E-state index in [1.165, 1.54) is 0 Å². The average Bonchev–Trinajstić information content (AvgIpc) is 3.41. The summed E-state index contributed by atoms with van der Waals surface area (Å²) in [6.07, 6.45) is 0.401. The molecule has 0 spiro atoms. The molecule has 10 heteroatoms. The first kappa shape index (κ1) is 29.0. The molecule has 45 heavy (non-hydrogen) atoms. The molecule has 4 heterocycles. The SMILES string of the molecule is Cc1ccc(C2C3=C(CC(C)(C)CC3=O)Nc3ccccc3N2CC(=O)N2CCN(C(=O)C3COc4ccccc4O3)CC2)o1. The van der Waals surface area contributed by atoms with E-state index in [1.807, 2.05) is 66.4 Å². The highest BCUT2D eigenvalue weighted by Crippen LogP contribution is 2.48. The third kappa shape index (κ3) is 5.54. The fourth-order valence-electron chi connectivity index (χ4n) is 6.89. The van der Waals surface area contributed by atoms with E-state index in [1.54, 1.807) is 15.9 Å². The van der Waals surface area contributed by atoms with Crippen LogP contribution in [0, 0.1) is 12.3 Å². The number of anilines is 2. The zero-order valence-electron chi connectivity index (χ0n) is 25.9. The van der Waals surface area contributed by atoms with Crippen LogP contribution in [0.25, 0.3) is 0 Å². The molecule has 1 aromatic heterocycles. The van der Waals surface area contributed by atoms with Gasteiger partial charge in [0.2, 0.25) is 12.0 Å². The zero-order valence-corrected chi connectivity index (χ0v) is 25.9. The molecule has 2 amide bonds. The fraction of sp³-hybridized carbons (Fsp3) is 0.400. The number of aryl methyl sites for hydroxylation is 1. The van der Waals surface area contributed by atoms with Gasteiger partial charge in [-0.2, -0.15) is 0 Å². The number of carbonyl (C=O) groups is 3. The van der Waals surface area contributed by atoms with Crippen molar-refractivity contribution in [2.75, 3.05) is 49.5 Å². The molecule has 10 nitrogen and oxygen atoms in total. The van der Waals surface area contributed by atoms with Crippen molar-refractivity contribution in [3.05, 3.63) is 83.5 Å². The number of rotatable bonds is 4. The number of hydrogen-bond acceptors (Lipinski definition) is 8. The summed E-state index contributed by atoms with van der Waals surface area (Å²) in [5.74, 6) is 2.39. The van der Waals surface area contributed by atoms with Crippen LogP contribution in [0.2, 0.25) is 0 Å². The number of carbonyl (C=O) groups excluding carboxylic acids is 3. The molecule has 2 unspecified atom stereocenters. The van der Waals surface area contributed by atoms with Crippen molar-refractivity contribution < 1.29 is 28.3 Å². The summed E-state index contributed by atoms with van der Waals surface area (Å²) in [6, 6.07) is 18.4. The number of benzene rings is 2. The molecule has 3 aliphatic heterocycles. The molecule has 4 aliphatic rings. The quantitative estimate of drug-likeness (QED) is 0.453. The number of ether oxygens (including phenoxy) is 2. The summed E-state index contributed by atoms with van der Waals surface area (Å²) < 4.78 is 17.9. The Labute approximate surface area is 262 Å². The van der Waals surface area contributed by atoms with Crippen molar-refractivity contribution >= 4 is 29.0 Å². The molecule has 7 rings (SSSR count). The molecule has 2 aromatic carbocycles. The second-order valence-electron chi connectivity index (χ2n) is 13.0. The summed E-state index contributed by atoms with van der Waals surface area (Å²) in [4.78, 5) is 46.7. The Balaban J connectivity index is 1.12. The van der Waals surface area contributed by atoms with Gasteiger partial charge in [0.1, 0.15) is 24.2 Å². The molecular weight excluding hydrogens is 572 g/mol. The predicted molar refractivity (Wildman–Crippen MR) is 168 cm³/mol. The Bertz CT molecular complexity index is 1680. The van der Waals surface area contributed by atoms with Gasteiger partial charge in [0.05, 0.1) is 17.9 Å². The van der Waals surface area contributed by atoms with Gasteiger partial charge >= 0.3 is 0 Å². The van der Waals surface area contributed by atoms with Crippen molar-refractivity contribution in [2.45, 2.75) is 45.8 Å². The Morgan fingerprint density at radius 3 is 2.38 bits per heavy atom. The third-order valence-corrected chi connectivity index (χ3v) is 9.07. The van der Waals surface area contributed by atoms with Crippen LogP contribution >= 0.6 is 0 Å². The molecule has 3 aromatic rings.